The monoisotopic (exact) mass is 305 g/mol. The van der Waals surface area contributed by atoms with Gasteiger partial charge in [-0.2, -0.15) is 0 Å². The first kappa shape index (κ1) is 16.3. The van der Waals surface area contributed by atoms with E-state index in [2.05, 4.69) is 22.3 Å². The second kappa shape index (κ2) is 7.79. The van der Waals surface area contributed by atoms with Gasteiger partial charge in [-0.05, 0) is 12.1 Å². The summed E-state index contributed by atoms with van der Waals surface area (Å²) >= 11 is 0. The zero-order valence-electron chi connectivity index (χ0n) is 13.3. The Kier molecular flexibility index (Phi) is 5.77. The van der Waals surface area contributed by atoms with Crippen LogP contribution in [0.3, 0.4) is 0 Å². The number of carbonyl (C=O) groups is 2. The zero-order valence-corrected chi connectivity index (χ0v) is 13.3. The van der Waals surface area contributed by atoms with Gasteiger partial charge in [-0.3, -0.25) is 9.59 Å². The SMILES string of the molecule is CN(C)C(=O)CNC(=O)C[NH+]1CCN(c2ccccc2)CC1. The highest BCUT2D eigenvalue weighted by Crippen LogP contribution is 2.12. The highest BCUT2D eigenvalue weighted by Gasteiger charge is 2.22. The molecule has 0 bridgehead atoms. The average Bonchev–Trinajstić information content (AvgIpc) is 2.54. The predicted octanol–water partition coefficient (Wildman–Crippen LogP) is -1.40. The molecule has 1 heterocycles. The van der Waals surface area contributed by atoms with Crippen LogP contribution in [0.1, 0.15) is 0 Å². The summed E-state index contributed by atoms with van der Waals surface area (Å²) in [5.41, 5.74) is 1.24. The minimum atomic E-state index is -0.0859. The number of hydrogen-bond donors (Lipinski definition) is 2. The quantitative estimate of drug-likeness (QED) is 0.703. The Morgan fingerprint density at radius 3 is 2.41 bits per heavy atom. The molecule has 2 N–H and O–H groups in total. The van der Waals surface area contributed by atoms with Crippen LogP contribution in [0.15, 0.2) is 30.3 Å². The third-order valence-corrected chi connectivity index (χ3v) is 3.94. The van der Waals surface area contributed by atoms with Gasteiger partial charge in [-0.1, -0.05) is 18.2 Å². The predicted molar refractivity (Wildman–Crippen MR) is 85.9 cm³/mol. The van der Waals surface area contributed by atoms with Crippen molar-refractivity contribution >= 4 is 17.5 Å². The van der Waals surface area contributed by atoms with Crippen LogP contribution in [0.4, 0.5) is 5.69 Å². The topological polar surface area (TPSA) is 57.1 Å². The Balaban J connectivity index is 1.71. The summed E-state index contributed by atoms with van der Waals surface area (Å²) in [6, 6.07) is 10.3. The van der Waals surface area contributed by atoms with Crippen LogP contribution in [0, 0.1) is 0 Å². The van der Waals surface area contributed by atoms with Crippen LogP contribution in [0.5, 0.6) is 0 Å². The number of quaternary nitrogens is 1. The van der Waals surface area contributed by atoms with Crippen molar-refractivity contribution in [1.82, 2.24) is 10.2 Å². The number of nitrogens with zero attached hydrogens (tertiary/aromatic N) is 2. The smallest absolute Gasteiger partial charge is 0.275 e. The Hall–Kier alpha value is -2.08. The lowest BCUT2D eigenvalue weighted by Crippen LogP contribution is -3.16. The first-order chi connectivity index (χ1) is 10.6. The maximum Gasteiger partial charge on any atom is 0.275 e. The molecule has 22 heavy (non-hydrogen) atoms. The molecule has 1 saturated heterocycles. The van der Waals surface area contributed by atoms with Gasteiger partial charge in [0, 0.05) is 19.8 Å². The molecule has 1 fully saturated rings. The molecule has 2 rings (SSSR count). The zero-order chi connectivity index (χ0) is 15.9. The van der Waals surface area contributed by atoms with Gasteiger partial charge < -0.3 is 20.0 Å². The fraction of sp³-hybridized carbons (Fsp3) is 0.500. The van der Waals surface area contributed by atoms with Gasteiger partial charge in [0.05, 0.1) is 32.7 Å². The van der Waals surface area contributed by atoms with Crippen molar-refractivity contribution in [2.24, 2.45) is 0 Å². The number of rotatable bonds is 5. The number of likely N-dealkylation sites (N-methyl/N-ethyl adjacent to an activating group) is 1. The Morgan fingerprint density at radius 1 is 1.18 bits per heavy atom. The molecule has 0 radical (unpaired) electrons. The second-order valence-electron chi connectivity index (χ2n) is 5.81. The molecule has 0 spiro atoms. The number of benzene rings is 1. The van der Waals surface area contributed by atoms with E-state index in [4.69, 9.17) is 0 Å². The molecular weight excluding hydrogens is 280 g/mol. The van der Waals surface area contributed by atoms with Gasteiger partial charge in [0.25, 0.3) is 5.91 Å². The van der Waals surface area contributed by atoms with Crippen molar-refractivity contribution in [2.75, 3.05) is 58.3 Å². The molecule has 0 atom stereocenters. The number of para-hydroxylation sites is 1. The molecule has 1 aromatic rings. The van der Waals surface area contributed by atoms with Gasteiger partial charge >= 0.3 is 0 Å². The van der Waals surface area contributed by atoms with E-state index in [-0.39, 0.29) is 18.4 Å². The standard InChI is InChI=1S/C16H24N4O2/c1-18(2)16(22)12-17-15(21)13-19-8-10-20(11-9-19)14-6-4-3-5-7-14/h3-7H,8-13H2,1-2H3,(H,17,21)/p+1. The Labute approximate surface area is 131 Å². The molecular formula is C16H25N4O2+. The first-order valence-electron chi connectivity index (χ1n) is 7.66. The Morgan fingerprint density at radius 2 is 1.82 bits per heavy atom. The highest BCUT2D eigenvalue weighted by atomic mass is 16.2. The van der Waals surface area contributed by atoms with E-state index < -0.39 is 0 Å². The van der Waals surface area contributed by atoms with E-state index in [1.165, 1.54) is 15.5 Å². The molecule has 1 aromatic carbocycles. The summed E-state index contributed by atoms with van der Waals surface area (Å²) in [5.74, 6) is -0.143. The minimum Gasteiger partial charge on any atom is -0.360 e. The van der Waals surface area contributed by atoms with Crippen LogP contribution in [-0.2, 0) is 9.59 Å². The highest BCUT2D eigenvalue weighted by molar-refractivity contribution is 5.84. The lowest BCUT2D eigenvalue weighted by Gasteiger charge is -2.33. The summed E-state index contributed by atoms with van der Waals surface area (Å²) in [7, 11) is 3.37. The largest absolute Gasteiger partial charge is 0.360 e. The summed E-state index contributed by atoms with van der Waals surface area (Å²) in [6.07, 6.45) is 0. The van der Waals surface area contributed by atoms with Gasteiger partial charge in [0.1, 0.15) is 0 Å². The van der Waals surface area contributed by atoms with Gasteiger partial charge in [-0.15, -0.1) is 0 Å². The number of amides is 2. The van der Waals surface area contributed by atoms with Gasteiger partial charge in [0.15, 0.2) is 6.54 Å². The molecule has 2 amide bonds. The lowest BCUT2D eigenvalue weighted by atomic mass is 10.2. The van der Waals surface area contributed by atoms with Crippen molar-refractivity contribution in [3.8, 4) is 0 Å². The lowest BCUT2D eigenvalue weighted by molar-refractivity contribution is -0.892. The second-order valence-corrected chi connectivity index (χ2v) is 5.81. The maximum atomic E-state index is 11.9. The number of nitrogens with one attached hydrogen (secondary N) is 2. The normalized spacial score (nSPS) is 15.5. The molecule has 6 nitrogen and oxygen atoms in total. The van der Waals surface area contributed by atoms with Crippen LogP contribution < -0.4 is 15.1 Å². The van der Waals surface area contributed by atoms with Crippen molar-refractivity contribution in [2.45, 2.75) is 0 Å². The summed E-state index contributed by atoms with van der Waals surface area (Å²) in [6.45, 7) is 4.28. The van der Waals surface area contributed by atoms with E-state index in [1.807, 2.05) is 18.2 Å². The van der Waals surface area contributed by atoms with E-state index in [9.17, 15) is 9.59 Å². The van der Waals surface area contributed by atoms with E-state index in [0.29, 0.717) is 6.54 Å². The fourth-order valence-electron chi connectivity index (χ4n) is 2.52. The molecule has 0 saturated carbocycles. The first-order valence-corrected chi connectivity index (χ1v) is 7.66. The Bertz CT molecular complexity index is 496. The summed E-state index contributed by atoms with van der Waals surface area (Å²) < 4.78 is 0. The van der Waals surface area contributed by atoms with Gasteiger partial charge in [0.2, 0.25) is 5.91 Å². The maximum absolute atomic E-state index is 11.9. The summed E-state index contributed by atoms with van der Waals surface area (Å²) in [4.78, 5) is 28.4. The third kappa shape index (κ3) is 4.73. The molecule has 0 aromatic heterocycles. The van der Waals surface area contributed by atoms with Crippen LogP contribution >= 0.6 is 0 Å². The van der Waals surface area contributed by atoms with Crippen molar-refractivity contribution in [1.29, 1.82) is 0 Å². The van der Waals surface area contributed by atoms with Crippen molar-refractivity contribution in [3.63, 3.8) is 0 Å². The molecule has 6 heteroatoms. The molecule has 1 aliphatic rings. The fourth-order valence-corrected chi connectivity index (χ4v) is 2.52. The average molecular weight is 305 g/mol. The number of hydrogen-bond acceptors (Lipinski definition) is 3. The van der Waals surface area contributed by atoms with Crippen molar-refractivity contribution < 1.29 is 14.5 Å². The summed E-state index contributed by atoms with van der Waals surface area (Å²) in [5, 5.41) is 2.69. The van der Waals surface area contributed by atoms with Crippen LogP contribution in [-0.4, -0.2) is 70.1 Å². The van der Waals surface area contributed by atoms with Crippen LogP contribution in [0.2, 0.25) is 0 Å². The number of anilines is 1. The van der Waals surface area contributed by atoms with Gasteiger partial charge in [-0.25, -0.2) is 0 Å². The number of piperazine rings is 1. The van der Waals surface area contributed by atoms with E-state index in [1.54, 1.807) is 14.1 Å². The molecule has 120 valence electrons. The third-order valence-electron chi connectivity index (χ3n) is 3.94. The minimum absolute atomic E-state index is 0.0571. The van der Waals surface area contributed by atoms with Crippen molar-refractivity contribution in [3.05, 3.63) is 30.3 Å². The molecule has 0 aliphatic carbocycles. The van der Waals surface area contributed by atoms with E-state index >= 15 is 0 Å². The van der Waals surface area contributed by atoms with E-state index in [0.717, 1.165) is 26.2 Å². The molecule has 0 unspecified atom stereocenters. The molecule has 1 aliphatic heterocycles. The van der Waals surface area contributed by atoms with Crippen LogP contribution in [0.25, 0.3) is 0 Å². The number of carbonyl (C=O) groups excluding carboxylic acids is 2.